The average Bonchev–Trinajstić information content (AvgIpc) is 2.72. The number of benzene rings is 1. The van der Waals surface area contributed by atoms with Gasteiger partial charge in [0.05, 0.1) is 24.9 Å². The number of nitrogens with zero attached hydrogens (tertiary/aromatic N) is 3. The van der Waals surface area contributed by atoms with Gasteiger partial charge in [-0.05, 0) is 18.2 Å². The molecule has 7 heteroatoms. The Morgan fingerprint density at radius 1 is 1.00 bits per heavy atom. The minimum Gasteiger partial charge on any atom is -0.496 e. The molecule has 132 valence electrons. The zero-order valence-corrected chi connectivity index (χ0v) is 14.3. The summed E-state index contributed by atoms with van der Waals surface area (Å²) in [6, 6.07) is 13.2. The van der Waals surface area contributed by atoms with E-state index >= 15 is 0 Å². The maximum atomic E-state index is 12.2. The van der Waals surface area contributed by atoms with Crippen molar-refractivity contribution >= 4 is 11.9 Å². The molecule has 0 unspecified atom stereocenters. The molecule has 7 nitrogen and oxygen atoms in total. The van der Waals surface area contributed by atoms with E-state index < -0.39 is 0 Å². The molecule has 0 aliphatic rings. The van der Waals surface area contributed by atoms with Gasteiger partial charge < -0.3 is 15.4 Å². The van der Waals surface area contributed by atoms with Gasteiger partial charge in [0.25, 0.3) is 5.91 Å². The lowest BCUT2D eigenvalue weighted by molar-refractivity contribution is 0.0950. The summed E-state index contributed by atoms with van der Waals surface area (Å²) in [7, 11) is 1.60. The topological polar surface area (TPSA) is 89.0 Å². The monoisotopic (exact) mass is 349 g/mol. The van der Waals surface area contributed by atoms with E-state index in [2.05, 4.69) is 25.6 Å². The van der Waals surface area contributed by atoms with Crippen LogP contribution in [0.25, 0.3) is 0 Å². The number of aromatic nitrogens is 3. The summed E-state index contributed by atoms with van der Waals surface area (Å²) in [4.78, 5) is 24.8. The van der Waals surface area contributed by atoms with Gasteiger partial charge in [-0.2, -0.15) is 0 Å². The second kappa shape index (κ2) is 8.57. The van der Waals surface area contributed by atoms with E-state index in [4.69, 9.17) is 4.74 Å². The Morgan fingerprint density at radius 3 is 2.50 bits per heavy atom. The van der Waals surface area contributed by atoms with E-state index in [1.165, 1.54) is 12.4 Å². The maximum absolute atomic E-state index is 12.2. The van der Waals surface area contributed by atoms with Crippen LogP contribution >= 0.6 is 0 Å². The van der Waals surface area contributed by atoms with Crippen LogP contribution in [0.3, 0.4) is 0 Å². The third-order valence-electron chi connectivity index (χ3n) is 3.70. The molecule has 0 radical (unpaired) electrons. The minimum atomic E-state index is -0.243. The molecule has 3 rings (SSSR count). The number of anilines is 1. The number of hydrogen-bond donors (Lipinski definition) is 2. The van der Waals surface area contributed by atoms with E-state index in [1.54, 1.807) is 13.3 Å². The molecule has 2 heterocycles. The molecule has 0 atom stereocenters. The lowest BCUT2D eigenvalue weighted by Crippen LogP contribution is -2.23. The van der Waals surface area contributed by atoms with Crippen molar-refractivity contribution in [3.8, 4) is 5.75 Å². The first kappa shape index (κ1) is 17.3. The third-order valence-corrected chi connectivity index (χ3v) is 3.70. The molecule has 0 bridgehead atoms. The fraction of sp³-hybridized carbons (Fsp3) is 0.158. The highest BCUT2D eigenvalue weighted by Crippen LogP contribution is 2.16. The minimum absolute atomic E-state index is 0.243. The highest BCUT2D eigenvalue weighted by molar-refractivity contribution is 5.93. The molecule has 2 N–H and O–H groups in total. The molecule has 0 saturated carbocycles. The number of carbonyl (C=O) groups is 1. The van der Waals surface area contributed by atoms with Gasteiger partial charge in [-0.15, -0.1) is 0 Å². The first-order valence-electron chi connectivity index (χ1n) is 8.12. The third kappa shape index (κ3) is 4.54. The van der Waals surface area contributed by atoms with Crippen LogP contribution in [0.15, 0.2) is 61.1 Å². The molecule has 3 aromatic rings. The Kier molecular flexibility index (Phi) is 5.72. The number of rotatable bonds is 7. The maximum Gasteiger partial charge on any atom is 0.254 e. The van der Waals surface area contributed by atoms with Gasteiger partial charge in [0.15, 0.2) is 0 Å². The number of carbonyl (C=O) groups excluding carboxylic acids is 1. The van der Waals surface area contributed by atoms with E-state index in [0.717, 1.165) is 17.0 Å². The van der Waals surface area contributed by atoms with Crippen molar-refractivity contribution in [2.45, 2.75) is 13.1 Å². The summed E-state index contributed by atoms with van der Waals surface area (Å²) in [5.41, 5.74) is 2.18. The van der Waals surface area contributed by atoms with E-state index in [9.17, 15) is 4.79 Å². The fourth-order valence-electron chi connectivity index (χ4n) is 2.34. The predicted octanol–water partition coefficient (Wildman–Crippen LogP) is 2.42. The fourth-order valence-corrected chi connectivity index (χ4v) is 2.34. The Morgan fingerprint density at radius 2 is 1.77 bits per heavy atom. The van der Waals surface area contributed by atoms with Crippen molar-refractivity contribution in [1.82, 2.24) is 20.3 Å². The highest BCUT2D eigenvalue weighted by Gasteiger charge is 2.09. The molecule has 1 amide bonds. The predicted molar refractivity (Wildman–Crippen MR) is 97.8 cm³/mol. The molecule has 0 spiro atoms. The number of pyridine rings is 1. The Balaban J connectivity index is 1.55. The summed E-state index contributed by atoms with van der Waals surface area (Å²) in [5.74, 6) is 0.933. The number of nitrogens with one attached hydrogen (secondary N) is 2. The van der Waals surface area contributed by atoms with Crippen molar-refractivity contribution in [2.24, 2.45) is 0 Å². The summed E-state index contributed by atoms with van der Waals surface area (Å²) in [6.45, 7) is 0.878. The van der Waals surface area contributed by atoms with Crippen LogP contribution in [-0.2, 0) is 13.1 Å². The summed E-state index contributed by atoms with van der Waals surface area (Å²) in [5, 5.41) is 5.90. The number of amides is 1. The smallest absolute Gasteiger partial charge is 0.254 e. The molecule has 26 heavy (non-hydrogen) atoms. The second-order valence-corrected chi connectivity index (χ2v) is 5.46. The Bertz CT molecular complexity index is 853. The summed E-state index contributed by atoms with van der Waals surface area (Å²) >= 11 is 0. The van der Waals surface area contributed by atoms with Gasteiger partial charge in [-0.1, -0.05) is 24.3 Å². The van der Waals surface area contributed by atoms with Crippen molar-refractivity contribution in [1.29, 1.82) is 0 Å². The normalized spacial score (nSPS) is 10.2. The van der Waals surface area contributed by atoms with E-state index in [-0.39, 0.29) is 5.91 Å². The van der Waals surface area contributed by atoms with Gasteiger partial charge >= 0.3 is 0 Å². The summed E-state index contributed by atoms with van der Waals surface area (Å²) in [6.07, 6.45) is 4.71. The molecule has 0 saturated heterocycles. The molecule has 1 aromatic carbocycles. The van der Waals surface area contributed by atoms with Gasteiger partial charge in [0.1, 0.15) is 5.75 Å². The van der Waals surface area contributed by atoms with Crippen LogP contribution in [0.1, 0.15) is 21.6 Å². The van der Waals surface area contributed by atoms with Crippen LogP contribution in [0, 0.1) is 0 Å². The van der Waals surface area contributed by atoms with Gasteiger partial charge in [0, 0.05) is 30.7 Å². The van der Waals surface area contributed by atoms with Crippen molar-refractivity contribution in [2.75, 3.05) is 12.4 Å². The quantitative estimate of drug-likeness (QED) is 0.681. The molecule has 2 aromatic heterocycles. The zero-order valence-electron chi connectivity index (χ0n) is 14.3. The van der Waals surface area contributed by atoms with Crippen molar-refractivity contribution < 1.29 is 9.53 Å². The zero-order chi connectivity index (χ0) is 18.2. The van der Waals surface area contributed by atoms with Crippen molar-refractivity contribution in [3.63, 3.8) is 0 Å². The number of methoxy groups -OCH3 is 1. The van der Waals surface area contributed by atoms with Crippen LogP contribution < -0.4 is 15.4 Å². The van der Waals surface area contributed by atoms with Crippen LogP contribution in [0.2, 0.25) is 0 Å². The van der Waals surface area contributed by atoms with Gasteiger partial charge in [-0.3, -0.25) is 9.78 Å². The lowest BCUT2D eigenvalue weighted by atomic mass is 10.2. The van der Waals surface area contributed by atoms with E-state index in [0.29, 0.717) is 24.6 Å². The lowest BCUT2D eigenvalue weighted by Gasteiger charge is -2.09. The standard InChI is InChI=1S/C19H19N5O2/c1-26-17-8-3-2-6-14(17)10-21-18(25)15-11-22-19(23-12-15)24-13-16-7-4-5-9-20-16/h2-9,11-12H,10,13H2,1H3,(H,21,25)(H,22,23,24). The van der Waals surface area contributed by atoms with Crippen LogP contribution in [0.5, 0.6) is 5.75 Å². The molecular formula is C19H19N5O2. The number of hydrogen-bond acceptors (Lipinski definition) is 6. The first-order valence-corrected chi connectivity index (χ1v) is 8.12. The van der Waals surface area contributed by atoms with Gasteiger partial charge in [0.2, 0.25) is 5.95 Å². The molecule has 0 aliphatic heterocycles. The molecule has 0 aliphatic carbocycles. The van der Waals surface area contributed by atoms with Gasteiger partial charge in [-0.25, -0.2) is 9.97 Å². The van der Waals surface area contributed by atoms with Crippen molar-refractivity contribution in [3.05, 3.63) is 77.9 Å². The van der Waals surface area contributed by atoms with Crippen LogP contribution in [0.4, 0.5) is 5.95 Å². The Labute approximate surface area is 151 Å². The molecular weight excluding hydrogens is 330 g/mol. The number of para-hydroxylation sites is 1. The highest BCUT2D eigenvalue weighted by atomic mass is 16.5. The second-order valence-electron chi connectivity index (χ2n) is 5.46. The van der Waals surface area contributed by atoms with Crippen LogP contribution in [-0.4, -0.2) is 28.0 Å². The first-order chi connectivity index (χ1) is 12.8. The average molecular weight is 349 g/mol. The summed E-state index contributed by atoms with van der Waals surface area (Å²) < 4.78 is 5.27. The molecule has 0 fully saturated rings. The number of ether oxygens (including phenoxy) is 1. The Hall–Kier alpha value is -3.48. The SMILES string of the molecule is COc1ccccc1CNC(=O)c1cnc(NCc2ccccn2)nc1. The largest absolute Gasteiger partial charge is 0.496 e. The van der Waals surface area contributed by atoms with E-state index in [1.807, 2.05) is 42.5 Å².